The van der Waals surface area contributed by atoms with Crippen molar-refractivity contribution in [2.24, 2.45) is 0 Å². The third kappa shape index (κ3) is 5.88. The Kier molecular flexibility index (Phi) is 7.18. The number of hydrogen-bond donors (Lipinski definition) is 0. The second-order valence-electron chi connectivity index (χ2n) is 4.35. The van der Waals surface area contributed by atoms with E-state index < -0.39 is 0 Å². The fourth-order valence-corrected chi connectivity index (χ4v) is 1.86. The van der Waals surface area contributed by atoms with Crippen LogP contribution in [0.3, 0.4) is 0 Å². The smallest absolute Gasteiger partial charge is 0 e. The van der Waals surface area contributed by atoms with Crippen LogP contribution in [0.1, 0.15) is 17.5 Å². The summed E-state index contributed by atoms with van der Waals surface area (Å²) in [4.78, 5) is 11.7. The Morgan fingerprint density at radius 2 is 1.37 bits per heavy atom. The monoisotopic (exact) mass is 343 g/mol. The number of carbonyl (C=O) groups is 1. The molecule has 19 heavy (non-hydrogen) atoms. The van der Waals surface area contributed by atoms with Crippen LogP contribution in [0.4, 0.5) is 0 Å². The standard InChI is InChI=1S/C17H17O.Pd/c18-17(13-11-15-7-3-1-4-8-15)14-12-16-9-5-2-6-10-16;/h1-10,13H,11-12,14H2;/q-1;. The van der Waals surface area contributed by atoms with E-state index in [0.717, 1.165) is 12.8 Å². The molecule has 0 N–H and O–H groups in total. The van der Waals surface area contributed by atoms with Gasteiger partial charge in [0, 0.05) is 20.4 Å². The summed E-state index contributed by atoms with van der Waals surface area (Å²) in [5.74, 6) is 0.225. The summed E-state index contributed by atoms with van der Waals surface area (Å²) in [6.07, 6.45) is 3.94. The van der Waals surface area contributed by atoms with Crippen molar-refractivity contribution < 1.29 is 25.2 Å². The molecule has 0 aliphatic carbocycles. The van der Waals surface area contributed by atoms with E-state index in [4.69, 9.17) is 0 Å². The molecular weight excluding hydrogens is 327 g/mol. The molecule has 0 aliphatic rings. The predicted molar refractivity (Wildman–Crippen MR) is 74.2 cm³/mol. The molecule has 2 aromatic rings. The SMILES string of the molecule is O=C([CH-]Cc1ccccc1)CCc1ccccc1.[Pd]. The number of carbonyl (C=O) groups excluding carboxylic acids is 1. The molecular formula is C17H17OPd-. The molecule has 0 spiro atoms. The molecule has 2 aromatic carbocycles. The molecule has 2 heteroatoms. The van der Waals surface area contributed by atoms with Gasteiger partial charge in [-0.3, -0.25) is 0 Å². The maximum Gasteiger partial charge on any atom is 0 e. The Hall–Kier alpha value is -1.36. The Morgan fingerprint density at radius 1 is 0.842 bits per heavy atom. The van der Waals surface area contributed by atoms with Crippen molar-refractivity contribution in [3.63, 3.8) is 0 Å². The van der Waals surface area contributed by atoms with Gasteiger partial charge in [-0.1, -0.05) is 66.2 Å². The van der Waals surface area contributed by atoms with Gasteiger partial charge >= 0.3 is 0 Å². The molecule has 0 aliphatic heterocycles. The van der Waals surface area contributed by atoms with Gasteiger partial charge < -0.3 is 11.2 Å². The molecule has 0 radical (unpaired) electrons. The average Bonchev–Trinajstić information content (AvgIpc) is 2.45. The van der Waals surface area contributed by atoms with Gasteiger partial charge in [0.05, 0.1) is 0 Å². The Labute approximate surface area is 128 Å². The Balaban J connectivity index is 0.00000180. The minimum atomic E-state index is 0. The first kappa shape index (κ1) is 15.7. The van der Waals surface area contributed by atoms with Crippen molar-refractivity contribution in [1.29, 1.82) is 0 Å². The number of aryl methyl sites for hydroxylation is 1. The number of rotatable bonds is 6. The molecule has 0 fully saturated rings. The van der Waals surface area contributed by atoms with Crippen LogP contribution in [-0.4, -0.2) is 5.78 Å². The van der Waals surface area contributed by atoms with E-state index in [1.165, 1.54) is 11.1 Å². The third-order valence-electron chi connectivity index (χ3n) is 2.91. The van der Waals surface area contributed by atoms with Crippen molar-refractivity contribution in [2.45, 2.75) is 19.3 Å². The molecule has 2 rings (SSSR count). The van der Waals surface area contributed by atoms with Crippen molar-refractivity contribution in [2.75, 3.05) is 0 Å². The fraction of sp³-hybridized carbons (Fsp3) is 0.176. The van der Waals surface area contributed by atoms with Crippen molar-refractivity contribution in [3.05, 3.63) is 78.2 Å². The summed E-state index contributed by atoms with van der Waals surface area (Å²) in [5, 5.41) is 0. The van der Waals surface area contributed by atoms with Crippen LogP contribution in [0.25, 0.3) is 0 Å². The van der Waals surface area contributed by atoms with E-state index in [1.54, 1.807) is 6.42 Å². The summed E-state index contributed by atoms with van der Waals surface area (Å²) in [7, 11) is 0. The van der Waals surface area contributed by atoms with Crippen molar-refractivity contribution in [1.82, 2.24) is 0 Å². The molecule has 0 saturated carbocycles. The van der Waals surface area contributed by atoms with Gasteiger partial charge in [-0.15, -0.1) is 6.42 Å². The molecule has 0 atom stereocenters. The first-order chi connectivity index (χ1) is 8.84. The van der Waals surface area contributed by atoms with E-state index in [1.807, 2.05) is 48.5 Å². The van der Waals surface area contributed by atoms with E-state index in [0.29, 0.717) is 6.42 Å². The Morgan fingerprint density at radius 3 is 1.95 bits per heavy atom. The van der Waals surface area contributed by atoms with Crippen LogP contribution in [0.2, 0.25) is 0 Å². The number of ketones is 1. The fourth-order valence-electron chi connectivity index (χ4n) is 1.86. The van der Waals surface area contributed by atoms with Crippen LogP contribution in [0.15, 0.2) is 60.7 Å². The minimum absolute atomic E-state index is 0. The molecule has 0 bridgehead atoms. The van der Waals surface area contributed by atoms with E-state index in [-0.39, 0.29) is 26.2 Å². The van der Waals surface area contributed by atoms with E-state index >= 15 is 0 Å². The molecule has 0 saturated heterocycles. The average molecular weight is 344 g/mol. The molecule has 0 amide bonds. The summed E-state index contributed by atoms with van der Waals surface area (Å²) < 4.78 is 0. The zero-order chi connectivity index (χ0) is 12.6. The molecule has 0 unspecified atom stereocenters. The van der Waals surface area contributed by atoms with Crippen LogP contribution in [-0.2, 0) is 38.1 Å². The summed E-state index contributed by atoms with van der Waals surface area (Å²) in [6, 6.07) is 20.2. The minimum Gasteiger partial charge on any atom is -0.334 e. The van der Waals surface area contributed by atoms with Crippen molar-refractivity contribution in [3.8, 4) is 0 Å². The second kappa shape index (κ2) is 8.69. The normalized spacial score (nSPS) is 9.47. The van der Waals surface area contributed by atoms with Crippen LogP contribution >= 0.6 is 0 Å². The van der Waals surface area contributed by atoms with Gasteiger partial charge in [-0.2, -0.15) is 0 Å². The number of hydrogen-bond acceptors (Lipinski definition) is 1. The summed E-state index contributed by atoms with van der Waals surface area (Å²) >= 11 is 0. The largest absolute Gasteiger partial charge is 0.334 e. The predicted octanol–water partition coefficient (Wildman–Crippen LogP) is 3.63. The van der Waals surface area contributed by atoms with Gasteiger partial charge in [0.15, 0.2) is 0 Å². The van der Waals surface area contributed by atoms with E-state index in [9.17, 15) is 4.79 Å². The topological polar surface area (TPSA) is 17.1 Å². The number of Topliss-reactive ketones (excluding diaryl/α,β-unsaturated/α-hetero) is 1. The first-order valence-corrected chi connectivity index (χ1v) is 6.28. The summed E-state index contributed by atoms with van der Waals surface area (Å²) in [5.41, 5.74) is 2.41. The van der Waals surface area contributed by atoms with Crippen LogP contribution in [0.5, 0.6) is 0 Å². The molecule has 102 valence electrons. The zero-order valence-electron chi connectivity index (χ0n) is 10.7. The van der Waals surface area contributed by atoms with E-state index in [2.05, 4.69) is 12.1 Å². The van der Waals surface area contributed by atoms with Crippen LogP contribution in [0, 0.1) is 6.42 Å². The second-order valence-corrected chi connectivity index (χ2v) is 4.35. The van der Waals surface area contributed by atoms with Crippen LogP contribution < -0.4 is 0 Å². The molecule has 0 heterocycles. The van der Waals surface area contributed by atoms with Gasteiger partial charge in [0.2, 0.25) is 0 Å². The van der Waals surface area contributed by atoms with Gasteiger partial charge in [-0.25, -0.2) is 0 Å². The van der Waals surface area contributed by atoms with Gasteiger partial charge in [0.1, 0.15) is 0 Å². The first-order valence-electron chi connectivity index (χ1n) is 6.28. The maximum absolute atomic E-state index is 11.7. The quantitative estimate of drug-likeness (QED) is 0.578. The zero-order valence-corrected chi connectivity index (χ0v) is 12.3. The van der Waals surface area contributed by atoms with Crippen molar-refractivity contribution >= 4 is 5.78 Å². The molecule has 1 nitrogen and oxygen atoms in total. The number of benzene rings is 2. The Bertz CT molecular complexity index is 434. The third-order valence-corrected chi connectivity index (χ3v) is 2.91. The van der Waals surface area contributed by atoms with Gasteiger partial charge in [0.25, 0.3) is 0 Å². The summed E-state index contributed by atoms with van der Waals surface area (Å²) in [6.45, 7) is 0. The maximum atomic E-state index is 11.7. The van der Waals surface area contributed by atoms with Gasteiger partial charge in [-0.05, 0) is 24.2 Å². The molecule has 0 aromatic heterocycles.